The Balaban J connectivity index is 2.32. The van der Waals surface area contributed by atoms with Gasteiger partial charge in [-0.05, 0) is 43.2 Å². The van der Waals surface area contributed by atoms with Crippen LogP contribution in [0.15, 0.2) is 48.5 Å². The highest BCUT2D eigenvalue weighted by molar-refractivity contribution is 7.92. The molecule has 146 valence electrons. The first-order valence-electron chi connectivity index (χ1n) is 8.45. The molecule has 0 saturated carbocycles. The van der Waals surface area contributed by atoms with Gasteiger partial charge in [-0.25, -0.2) is 17.2 Å². The number of halogens is 2. The third kappa shape index (κ3) is 5.03. The molecule has 2 aromatic rings. The number of nitrogens with zero attached hydrogens (tertiary/aromatic N) is 1. The number of anilines is 1. The van der Waals surface area contributed by atoms with Gasteiger partial charge >= 0.3 is 0 Å². The number of carbonyl (C=O) groups is 1. The monoisotopic (exact) mass is 396 g/mol. The third-order valence-electron chi connectivity index (χ3n) is 4.15. The second-order valence-corrected chi connectivity index (χ2v) is 8.08. The molecule has 2 aromatic carbocycles. The van der Waals surface area contributed by atoms with E-state index in [1.165, 1.54) is 42.5 Å². The molecule has 27 heavy (non-hydrogen) atoms. The molecule has 2 atom stereocenters. The second-order valence-electron chi connectivity index (χ2n) is 6.22. The molecule has 0 unspecified atom stereocenters. The van der Waals surface area contributed by atoms with Crippen molar-refractivity contribution in [3.05, 3.63) is 65.7 Å². The summed E-state index contributed by atoms with van der Waals surface area (Å²) in [5, 5.41) is 2.72. The van der Waals surface area contributed by atoms with Gasteiger partial charge in [0.05, 0.1) is 18.0 Å². The normalized spacial score (nSPS) is 13.7. The zero-order valence-electron chi connectivity index (χ0n) is 15.3. The molecule has 1 amide bonds. The maximum atomic E-state index is 14.2. The van der Waals surface area contributed by atoms with Crippen LogP contribution in [0, 0.1) is 11.6 Å². The van der Waals surface area contributed by atoms with Crippen LogP contribution < -0.4 is 9.62 Å². The molecule has 0 radical (unpaired) electrons. The van der Waals surface area contributed by atoms with Crippen LogP contribution in [-0.4, -0.2) is 26.6 Å². The Hall–Kier alpha value is -2.48. The minimum atomic E-state index is -3.92. The van der Waals surface area contributed by atoms with E-state index in [1.54, 1.807) is 13.8 Å². The van der Waals surface area contributed by atoms with Gasteiger partial charge in [-0.3, -0.25) is 9.10 Å². The number of rotatable bonds is 7. The molecule has 8 heteroatoms. The summed E-state index contributed by atoms with van der Waals surface area (Å²) < 4.78 is 52.7. The summed E-state index contributed by atoms with van der Waals surface area (Å²) in [6, 6.07) is 9.41. The van der Waals surface area contributed by atoms with Crippen LogP contribution in [0.3, 0.4) is 0 Å². The van der Waals surface area contributed by atoms with E-state index in [-0.39, 0.29) is 12.1 Å². The van der Waals surface area contributed by atoms with Gasteiger partial charge in [-0.15, -0.1) is 0 Å². The molecule has 0 aliphatic carbocycles. The molecule has 0 bridgehead atoms. The second kappa shape index (κ2) is 8.47. The van der Waals surface area contributed by atoms with Crippen LogP contribution in [0.25, 0.3) is 0 Å². The van der Waals surface area contributed by atoms with E-state index in [9.17, 15) is 22.0 Å². The Bertz CT molecular complexity index is 901. The predicted molar refractivity (Wildman–Crippen MR) is 101 cm³/mol. The Morgan fingerprint density at radius 1 is 1.11 bits per heavy atom. The highest BCUT2D eigenvalue weighted by Gasteiger charge is 2.33. The molecule has 0 aliphatic rings. The zero-order valence-corrected chi connectivity index (χ0v) is 16.1. The summed E-state index contributed by atoms with van der Waals surface area (Å²) in [7, 11) is -3.92. The van der Waals surface area contributed by atoms with E-state index in [4.69, 9.17) is 0 Å². The molecule has 0 fully saturated rings. The molecule has 2 rings (SSSR count). The van der Waals surface area contributed by atoms with Crippen molar-refractivity contribution in [1.82, 2.24) is 5.32 Å². The number of benzene rings is 2. The number of hydrogen-bond acceptors (Lipinski definition) is 3. The van der Waals surface area contributed by atoms with Gasteiger partial charge in [-0.2, -0.15) is 0 Å². The lowest BCUT2D eigenvalue weighted by molar-refractivity contribution is -0.122. The van der Waals surface area contributed by atoms with Gasteiger partial charge in [0.1, 0.15) is 17.7 Å². The number of carbonyl (C=O) groups excluding carboxylic acids is 1. The Kier molecular flexibility index (Phi) is 6.54. The van der Waals surface area contributed by atoms with E-state index in [0.717, 1.165) is 16.6 Å². The molecule has 0 aliphatic heterocycles. The van der Waals surface area contributed by atoms with Crippen molar-refractivity contribution in [2.75, 3.05) is 10.6 Å². The number of para-hydroxylation sites is 1. The minimum Gasteiger partial charge on any atom is -0.348 e. The van der Waals surface area contributed by atoms with Crippen LogP contribution >= 0.6 is 0 Å². The lowest BCUT2D eigenvalue weighted by Crippen LogP contribution is -2.50. The third-order valence-corrected chi connectivity index (χ3v) is 5.31. The molecule has 0 saturated heterocycles. The van der Waals surface area contributed by atoms with Crippen molar-refractivity contribution in [3.8, 4) is 0 Å². The smallest absolute Gasteiger partial charge is 0.244 e. The SMILES string of the molecule is CC[C@@H](C(=O)N[C@H](C)c1ccc(F)cc1)N(c1ccccc1F)S(C)(=O)=O. The van der Waals surface area contributed by atoms with Crippen molar-refractivity contribution in [2.45, 2.75) is 32.4 Å². The van der Waals surface area contributed by atoms with Crippen LogP contribution in [0.5, 0.6) is 0 Å². The van der Waals surface area contributed by atoms with Gasteiger partial charge in [0, 0.05) is 0 Å². The fourth-order valence-corrected chi connectivity index (χ4v) is 4.02. The zero-order chi connectivity index (χ0) is 20.2. The van der Waals surface area contributed by atoms with Crippen LogP contribution in [0.4, 0.5) is 14.5 Å². The lowest BCUT2D eigenvalue weighted by atomic mass is 10.1. The first-order chi connectivity index (χ1) is 12.6. The van der Waals surface area contributed by atoms with Gasteiger partial charge in [0.25, 0.3) is 0 Å². The standard InChI is InChI=1S/C19H22F2N2O3S/c1-4-17(19(24)22-13(2)14-9-11-15(20)12-10-14)23(27(3,25)26)18-8-6-5-7-16(18)21/h5-13,17H,4H2,1-3H3,(H,22,24)/t13-,17+/m1/s1. The Morgan fingerprint density at radius 3 is 2.22 bits per heavy atom. The van der Waals surface area contributed by atoms with Gasteiger partial charge in [0.15, 0.2) is 0 Å². The molecule has 5 nitrogen and oxygen atoms in total. The summed E-state index contributed by atoms with van der Waals surface area (Å²) in [6.07, 6.45) is 1.07. The van der Waals surface area contributed by atoms with Crippen molar-refractivity contribution in [2.24, 2.45) is 0 Å². The summed E-state index contributed by atoms with van der Waals surface area (Å²) in [4.78, 5) is 12.8. The maximum absolute atomic E-state index is 14.2. The minimum absolute atomic E-state index is 0.142. The highest BCUT2D eigenvalue weighted by atomic mass is 32.2. The van der Waals surface area contributed by atoms with Crippen LogP contribution in [-0.2, 0) is 14.8 Å². The largest absolute Gasteiger partial charge is 0.348 e. The van der Waals surface area contributed by atoms with E-state index in [1.807, 2.05) is 0 Å². The highest BCUT2D eigenvalue weighted by Crippen LogP contribution is 2.26. The van der Waals surface area contributed by atoms with Crippen molar-refractivity contribution in [3.63, 3.8) is 0 Å². The summed E-state index contributed by atoms with van der Waals surface area (Å²) in [5.41, 5.74) is 0.479. The van der Waals surface area contributed by atoms with Gasteiger partial charge in [0.2, 0.25) is 15.9 Å². The van der Waals surface area contributed by atoms with E-state index in [2.05, 4.69) is 5.32 Å². The van der Waals surface area contributed by atoms with Crippen molar-refractivity contribution >= 4 is 21.6 Å². The topological polar surface area (TPSA) is 66.5 Å². The molecule has 0 spiro atoms. The van der Waals surface area contributed by atoms with Crippen molar-refractivity contribution in [1.29, 1.82) is 0 Å². The predicted octanol–water partition coefficient (Wildman–Crippen LogP) is 3.39. The van der Waals surface area contributed by atoms with Crippen LogP contribution in [0.1, 0.15) is 31.9 Å². The van der Waals surface area contributed by atoms with E-state index in [0.29, 0.717) is 5.56 Å². The Morgan fingerprint density at radius 2 is 1.70 bits per heavy atom. The van der Waals surface area contributed by atoms with E-state index < -0.39 is 39.6 Å². The number of sulfonamides is 1. The van der Waals surface area contributed by atoms with Gasteiger partial charge < -0.3 is 5.32 Å². The fourth-order valence-electron chi connectivity index (χ4n) is 2.81. The number of amides is 1. The summed E-state index contributed by atoms with van der Waals surface area (Å²) in [5.74, 6) is -1.70. The summed E-state index contributed by atoms with van der Waals surface area (Å²) >= 11 is 0. The quantitative estimate of drug-likeness (QED) is 0.780. The molecular formula is C19H22F2N2O3S. The first-order valence-corrected chi connectivity index (χ1v) is 10.3. The number of hydrogen-bond donors (Lipinski definition) is 1. The molecular weight excluding hydrogens is 374 g/mol. The average Bonchev–Trinajstić information content (AvgIpc) is 2.59. The number of nitrogens with one attached hydrogen (secondary N) is 1. The van der Waals surface area contributed by atoms with Crippen molar-refractivity contribution < 1.29 is 22.0 Å². The van der Waals surface area contributed by atoms with Crippen LogP contribution in [0.2, 0.25) is 0 Å². The average molecular weight is 396 g/mol. The molecule has 0 aromatic heterocycles. The Labute approximate surface area is 158 Å². The lowest BCUT2D eigenvalue weighted by Gasteiger charge is -2.31. The van der Waals surface area contributed by atoms with Gasteiger partial charge in [-0.1, -0.05) is 31.2 Å². The maximum Gasteiger partial charge on any atom is 0.244 e. The molecule has 1 N–H and O–H groups in total. The first kappa shape index (κ1) is 20.8. The summed E-state index contributed by atoms with van der Waals surface area (Å²) in [6.45, 7) is 3.34. The molecule has 0 heterocycles. The fraction of sp³-hybridized carbons (Fsp3) is 0.316. The van der Waals surface area contributed by atoms with E-state index >= 15 is 0 Å².